The van der Waals surface area contributed by atoms with Crippen molar-refractivity contribution in [2.24, 2.45) is 11.7 Å². The Kier molecular flexibility index (Phi) is 8.51. The van der Waals surface area contributed by atoms with Crippen LogP contribution in [0.1, 0.15) is 56.4 Å². The van der Waals surface area contributed by atoms with Crippen molar-refractivity contribution in [3.8, 4) is 0 Å². The maximum Gasteiger partial charge on any atom is 0.408 e. The molecule has 1 aliphatic carbocycles. The molecule has 2 aliphatic rings. The molecule has 0 unspecified atom stereocenters. The molecule has 2 aromatic carbocycles. The van der Waals surface area contributed by atoms with Gasteiger partial charge in [-0.1, -0.05) is 68.8 Å². The molecular formula is C32H39N5O5. The lowest BCUT2D eigenvalue weighted by Gasteiger charge is -2.41. The highest BCUT2D eigenvalue weighted by Gasteiger charge is 2.49. The summed E-state index contributed by atoms with van der Waals surface area (Å²) in [6, 6.07) is 15.5. The summed E-state index contributed by atoms with van der Waals surface area (Å²) >= 11 is 0. The number of primary amides is 1. The Hall–Kier alpha value is -4.34. The number of aryl methyl sites for hydroxylation is 1. The Balaban J connectivity index is 1.42. The van der Waals surface area contributed by atoms with Gasteiger partial charge < -0.3 is 31.0 Å². The number of benzene rings is 2. The van der Waals surface area contributed by atoms with E-state index in [9.17, 15) is 19.2 Å². The zero-order valence-electron chi connectivity index (χ0n) is 24.2. The molecule has 5 N–H and O–H groups in total. The molecule has 222 valence electrons. The number of hydrogen-bond donors (Lipinski definition) is 4. The molecule has 5 rings (SSSR count). The zero-order chi connectivity index (χ0) is 29.9. The van der Waals surface area contributed by atoms with Gasteiger partial charge in [0.05, 0.1) is 0 Å². The molecule has 1 aromatic heterocycles. The Morgan fingerprint density at radius 2 is 1.86 bits per heavy atom. The molecule has 0 bridgehead atoms. The zero-order valence-corrected chi connectivity index (χ0v) is 24.2. The first-order valence-electron chi connectivity index (χ1n) is 14.7. The number of likely N-dealkylation sites (tertiary alicyclic amines) is 1. The van der Waals surface area contributed by atoms with Crippen LogP contribution in [-0.2, 0) is 38.6 Å². The van der Waals surface area contributed by atoms with Gasteiger partial charge in [-0.15, -0.1) is 0 Å². The number of para-hydroxylation sites is 1. The van der Waals surface area contributed by atoms with Crippen molar-refractivity contribution in [2.75, 3.05) is 6.54 Å². The van der Waals surface area contributed by atoms with Gasteiger partial charge >= 0.3 is 6.09 Å². The Bertz CT molecular complexity index is 1470. The lowest BCUT2D eigenvalue weighted by Crippen LogP contribution is -2.66. The van der Waals surface area contributed by atoms with E-state index in [1.54, 1.807) is 0 Å². The van der Waals surface area contributed by atoms with Gasteiger partial charge in [-0.05, 0) is 48.8 Å². The number of aromatic amines is 1. The van der Waals surface area contributed by atoms with Gasteiger partial charge in [-0.3, -0.25) is 14.4 Å². The number of nitrogens with one attached hydrogen (secondary N) is 3. The van der Waals surface area contributed by atoms with Crippen molar-refractivity contribution in [3.05, 3.63) is 71.4 Å². The van der Waals surface area contributed by atoms with E-state index in [0.717, 1.165) is 27.7 Å². The van der Waals surface area contributed by atoms with Crippen LogP contribution < -0.4 is 16.4 Å². The van der Waals surface area contributed by atoms with E-state index in [4.69, 9.17) is 10.5 Å². The van der Waals surface area contributed by atoms with Gasteiger partial charge in [0, 0.05) is 29.6 Å². The van der Waals surface area contributed by atoms with Crippen molar-refractivity contribution < 1.29 is 23.9 Å². The quantitative estimate of drug-likeness (QED) is 0.310. The lowest BCUT2D eigenvalue weighted by molar-refractivity contribution is -0.146. The summed E-state index contributed by atoms with van der Waals surface area (Å²) in [6.45, 7) is 4.27. The summed E-state index contributed by atoms with van der Waals surface area (Å²) in [6.07, 6.45) is 2.18. The van der Waals surface area contributed by atoms with Crippen LogP contribution in [0, 0.1) is 5.92 Å². The summed E-state index contributed by atoms with van der Waals surface area (Å²) < 4.78 is 5.41. The third kappa shape index (κ3) is 5.84. The molecular weight excluding hydrogens is 534 g/mol. The van der Waals surface area contributed by atoms with E-state index in [0.29, 0.717) is 38.6 Å². The van der Waals surface area contributed by atoms with Crippen LogP contribution in [0.25, 0.3) is 10.9 Å². The highest BCUT2D eigenvalue weighted by molar-refractivity contribution is 5.98. The molecule has 0 spiro atoms. The standard InChI is InChI=1S/C32H39N5O5/c1-3-20(2)27(35-31(41)42-19-21-10-5-4-6-11-21)29(39)36-32(30(40)37-17-9-14-26(37)28(33)38)16-15-25-23(18-32)22-12-7-8-13-24(22)34-25/h4-8,10-13,20,26-27,34H,3,9,14-19H2,1-2H3,(H2,33,38)(H,35,41)(H,36,39)/t20-,26-,27-,32-/m0/s1. The molecule has 0 saturated carbocycles. The van der Waals surface area contributed by atoms with Crippen LogP contribution in [0.2, 0.25) is 0 Å². The predicted octanol–water partition coefficient (Wildman–Crippen LogP) is 3.33. The highest BCUT2D eigenvalue weighted by atomic mass is 16.5. The van der Waals surface area contributed by atoms with Crippen molar-refractivity contribution in [2.45, 2.75) is 76.6 Å². The molecule has 2 heterocycles. The Morgan fingerprint density at radius 1 is 1.12 bits per heavy atom. The van der Waals surface area contributed by atoms with Crippen LogP contribution >= 0.6 is 0 Å². The summed E-state index contributed by atoms with van der Waals surface area (Å²) in [7, 11) is 0. The number of hydrogen-bond acceptors (Lipinski definition) is 5. The van der Waals surface area contributed by atoms with Crippen molar-refractivity contribution in [1.29, 1.82) is 0 Å². The average molecular weight is 574 g/mol. The van der Waals surface area contributed by atoms with Crippen LogP contribution in [0.5, 0.6) is 0 Å². The molecule has 1 saturated heterocycles. The minimum Gasteiger partial charge on any atom is -0.445 e. The lowest BCUT2D eigenvalue weighted by atomic mass is 9.78. The molecule has 1 fully saturated rings. The number of fused-ring (bicyclic) bond motifs is 3. The van der Waals surface area contributed by atoms with E-state index in [1.807, 2.05) is 68.4 Å². The number of ether oxygens (including phenoxy) is 1. The van der Waals surface area contributed by atoms with Gasteiger partial charge in [0.15, 0.2) is 0 Å². The van der Waals surface area contributed by atoms with E-state index < -0.39 is 35.5 Å². The summed E-state index contributed by atoms with van der Waals surface area (Å²) in [5, 5.41) is 6.83. The van der Waals surface area contributed by atoms with Crippen molar-refractivity contribution >= 4 is 34.7 Å². The van der Waals surface area contributed by atoms with Crippen LogP contribution in [0.15, 0.2) is 54.6 Å². The average Bonchev–Trinajstić information content (AvgIpc) is 3.64. The number of rotatable bonds is 9. The number of alkyl carbamates (subject to hydrolysis) is 1. The molecule has 1 aliphatic heterocycles. The minimum atomic E-state index is -1.31. The molecule has 10 nitrogen and oxygen atoms in total. The largest absolute Gasteiger partial charge is 0.445 e. The number of H-pyrrole nitrogens is 1. The molecule has 4 atom stereocenters. The molecule has 10 heteroatoms. The Morgan fingerprint density at radius 3 is 2.60 bits per heavy atom. The summed E-state index contributed by atoms with van der Waals surface area (Å²) in [5.74, 6) is -1.57. The fraction of sp³-hybridized carbons (Fsp3) is 0.438. The molecule has 42 heavy (non-hydrogen) atoms. The van der Waals surface area contributed by atoms with E-state index in [1.165, 1.54) is 4.90 Å². The second kappa shape index (κ2) is 12.3. The number of nitrogens with two attached hydrogens (primary N) is 1. The van der Waals surface area contributed by atoms with E-state index in [-0.39, 0.29) is 24.9 Å². The fourth-order valence-electron chi connectivity index (χ4n) is 6.23. The molecule has 0 radical (unpaired) electrons. The fourth-order valence-corrected chi connectivity index (χ4v) is 6.23. The second-order valence-corrected chi connectivity index (χ2v) is 11.5. The van der Waals surface area contributed by atoms with Crippen LogP contribution in [0.4, 0.5) is 4.79 Å². The van der Waals surface area contributed by atoms with Crippen LogP contribution in [-0.4, -0.2) is 57.9 Å². The second-order valence-electron chi connectivity index (χ2n) is 11.5. The monoisotopic (exact) mass is 573 g/mol. The first-order valence-corrected chi connectivity index (χ1v) is 14.7. The molecule has 4 amide bonds. The van der Waals surface area contributed by atoms with E-state index in [2.05, 4.69) is 15.6 Å². The Labute approximate surface area is 245 Å². The number of carbonyl (C=O) groups is 4. The summed E-state index contributed by atoms with van der Waals surface area (Å²) in [5.41, 5.74) is 8.16. The first-order chi connectivity index (χ1) is 20.2. The maximum absolute atomic E-state index is 14.4. The smallest absolute Gasteiger partial charge is 0.408 e. The van der Waals surface area contributed by atoms with Crippen LogP contribution in [0.3, 0.4) is 0 Å². The van der Waals surface area contributed by atoms with Gasteiger partial charge in [-0.2, -0.15) is 0 Å². The normalized spacial score (nSPS) is 21.3. The van der Waals surface area contributed by atoms with Gasteiger partial charge in [0.2, 0.25) is 17.7 Å². The topological polar surface area (TPSA) is 147 Å². The van der Waals surface area contributed by atoms with E-state index >= 15 is 0 Å². The van der Waals surface area contributed by atoms with Gasteiger partial charge in [-0.25, -0.2) is 4.79 Å². The third-order valence-corrected chi connectivity index (χ3v) is 8.78. The third-order valence-electron chi connectivity index (χ3n) is 8.78. The number of carbonyl (C=O) groups excluding carboxylic acids is 4. The molecule has 3 aromatic rings. The summed E-state index contributed by atoms with van der Waals surface area (Å²) in [4.78, 5) is 58.5. The predicted molar refractivity (Wildman–Crippen MR) is 158 cm³/mol. The van der Waals surface area contributed by atoms with Crippen molar-refractivity contribution in [3.63, 3.8) is 0 Å². The van der Waals surface area contributed by atoms with Gasteiger partial charge in [0.25, 0.3) is 0 Å². The maximum atomic E-state index is 14.4. The highest BCUT2D eigenvalue weighted by Crippen LogP contribution is 2.36. The van der Waals surface area contributed by atoms with Crippen molar-refractivity contribution in [1.82, 2.24) is 20.5 Å². The first kappa shape index (κ1) is 29.2. The minimum absolute atomic E-state index is 0.0662. The number of nitrogens with zero attached hydrogens (tertiary/aromatic N) is 1. The SMILES string of the molecule is CC[C@H](C)[C@H](NC(=O)OCc1ccccc1)C(=O)N[C@@]1(C(=O)N2CCC[C@H]2C(N)=O)CCc2[nH]c3ccccc3c2C1. The number of aromatic nitrogens is 1. The van der Waals surface area contributed by atoms with Gasteiger partial charge in [0.1, 0.15) is 24.2 Å². The number of amides is 4.